The molecule has 0 spiro atoms. The van der Waals surface area contributed by atoms with Crippen LogP contribution >= 0.6 is 11.3 Å². The van der Waals surface area contributed by atoms with Crippen LogP contribution in [0, 0.1) is 19.8 Å². The number of anilines is 2. The Labute approximate surface area is 144 Å². The monoisotopic (exact) mass is 348 g/mol. The number of carbonyl (C=O) groups is 1. The van der Waals surface area contributed by atoms with Crippen LogP contribution in [0.4, 0.5) is 11.1 Å². The van der Waals surface area contributed by atoms with Gasteiger partial charge in [0.15, 0.2) is 0 Å². The minimum Gasteiger partial charge on any atom is -0.481 e. The van der Waals surface area contributed by atoms with E-state index in [0.717, 1.165) is 30.1 Å². The molecule has 9 heteroatoms. The van der Waals surface area contributed by atoms with E-state index in [1.54, 1.807) is 13.2 Å². The van der Waals surface area contributed by atoms with Gasteiger partial charge in [-0.15, -0.1) is 10.2 Å². The topological polar surface area (TPSA) is 93.1 Å². The van der Waals surface area contributed by atoms with Crippen LogP contribution in [-0.2, 0) is 4.79 Å². The molecule has 1 saturated heterocycles. The Hall–Kier alpha value is -2.29. The molecule has 1 amide bonds. The van der Waals surface area contributed by atoms with Gasteiger partial charge >= 0.3 is 0 Å². The first kappa shape index (κ1) is 16.6. The summed E-state index contributed by atoms with van der Waals surface area (Å²) in [5.74, 6) is 0.984. The summed E-state index contributed by atoms with van der Waals surface area (Å²) >= 11 is 1.38. The van der Waals surface area contributed by atoms with Crippen LogP contribution < -0.4 is 15.0 Å². The standard InChI is InChI=1S/C15H20N6O2S/c1-9-7-12(23-3)17-14(16-9)21-6-4-5-11(8-21)13(22)18-15-20-19-10(2)24-15/h7,11H,4-6,8H2,1-3H3,(H,18,20,22). The van der Waals surface area contributed by atoms with Crippen LogP contribution in [0.25, 0.3) is 0 Å². The van der Waals surface area contributed by atoms with E-state index in [9.17, 15) is 4.79 Å². The van der Waals surface area contributed by atoms with E-state index < -0.39 is 0 Å². The van der Waals surface area contributed by atoms with Crippen LogP contribution in [0.1, 0.15) is 23.5 Å². The summed E-state index contributed by atoms with van der Waals surface area (Å²) in [7, 11) is 1.59. The van der Waals surface area contributed by atoms with Gasteiger partial charge in [-0.2, -0.15) is 4.98 Å². The molecule has 0 aliphatic carbocycles. The maximum Gasteiger partial charge on any atom is 0.231 e. The first-order valence-electron chi connectivity index (χ1n) is 7.80. The minimum absolute atomic E-state index is 0.0320. The molecule has 3 heterocycles. The van der Waals surface area contributed by atoms with E-state index in [2.05, 4.69) is 25.5 Å². The Morgan fingerprint density at radius 1 is 1.38 bits per heavy atom. The zero-order chi connectivity index (χ0) is 17.1. The Bertz CT molecular complexity index is 735. The summed E-state index contributed by atoms with van der Waals surface area (Å²) in [6.45, 7) is 5.17. The predicted octanol–water partition coefficient (Wildman–Crippen LogP) is 1.81. The number of nitrogens with zero attached hydrogens (tertiary/aromatic N) is 5. The van der Waals surface area contributed by atoms with Gasteiger partial charge < -0.3 is 15.0 Å². The molecule has 0 bridgehead atoms. The maximum atomic E-state index is 12.5. The number of amides is 1. The number of aryl methyl sites for hydroxylation is 2. The van der Waals surface area contributed by atoms with E-state index >= 15 is 0 Å². The van der Waals surface area contributed by atoms with E-state index in [4.69, 9.17) is 4.74 Å². The van der Waals surface area contributed by atoms with Crippen LogP contribution in [0.15, 0.2) is 6.07 Å². The lowest BCUT2D eigenvalue weighted by Gasteiger charge is -2.32. The molecular weight excluding hydrogens is 328 g/mol. The van der Waals surface area contributed by atoms with Crippen molar-refractivity contribution in [3.63, 3.8) is 0 Å². The Kier molecular flexibility index (Phi) is 4.89. The number of nitrogens with one attached hydrogen (secondary N) is 1. The highest BCUT2D eigenvalue weighted by Gasteiger charge is 2.28. The summed E-state index contributed by atoms with van der Waals surface area (Å²) in [5, 5.41) is 12.1. The molecule has 1 atom stereocenters. The molecule has 1 N–H and O–H groups in total. The molecule has 2 aromatic rings. The molecule has 1 unspecified atom stereocenters. The number of methoxy groups -OCH3 is 1. The van der Waals surface area contributed by atoms with E-state index in [1.807, 2.05) is 18.7 Å². The second-order valence-electron chi connectivity index (χ2n) is 5.75. The van der Waals surface area contributed by atoms with Gasteiger partial charge in [0.05, 0.1) is 13.0 Å². The van der Waals surface area contributed by atoms with Crippen molar-refractivity contribution in [3.05, 3.63) is 16.8 Å². The predicted molar refractivity (Wildman–Crippen MR) is 91.5 cm³/mol. The van der Waals surface area contributed by atoms with Gasteiger partial charge in [-0.3, -0.25) is 4.79 Å². The zero-order valence-electron chi connectivity index (χ0n) is 13.9. The largest absolute Gasteiger partial charge is 0.481 e. The number of carbonyl (C=O) groups excluding carboxylic acids is 1. The third-order valence-electron chi connectivity index (χ3n) is 3.86. The molecule has 8 nitrogen and oxygen atoms in total. The van der Waals surface area contributed by atoms with Gasteiger partial charge in [0.1, 0.15) is 5.01 Å². The van der Waals surface area contributed by atoms with E-state index in [0.29, 0.717) is 23.5 Å². The molecule has 1 fully saturated rings. The second kappa shape index (κ2) is 7.08. The number of piperidine rings is 1. The Balaban J connectivity index is 1.69. The summed E-state index contributed by atoms with van der Waals surface area (Å²) in [6, 6.07) is 1.79. The lowest BCUT2D eigenvalue weighted by Crippen LogP contribution is -2.41. The summed E-state index contributed by atoms with van der Waals surface area (Å²) in [6.07, 6.45) is 1.75. The highest BCUT2D eigenvalue weighted by atomic mass is 32.1. The van der Waals surface area contributed by atoms with Gasteiger partial charge in [0.2, 0.25) is 22.9 Å². The quantitative estimate of drug-likeness (QED) is 0.900. The summed E-state index contributed by atoms with van der Waals surface area (Å²) in [5.41, 5.74) is 0.841. The van der Waals surface area contributed by atoms with Gasteiger partial charge in [0, 0.05) is 24.8 Å². The van der Waals surface area contributed by atoms with Gasteiger partial charge in [-0.05, 0) is 26.7 Å². The van der Waals surface area contributed by atoms with Gasteiger partial charge in [-0.1, -0.05) is 11.3 Å². The summed E-state index contributed by atoms with van der Waals surface area (Å²) in [4.78, 5) is 23.4. The molecule has 3 rings (SSSR count). The molecule has 2 aromatic heterocycles. The SMILES string of the molecule is COc1cc(C)nc(N2CCCC(C(=O)Nc3nnc(C)s3)C2)n1. The molecular formula is C15H20N6O2S. The van der Waals surface area contributed by atoms with Crippen molar-refractivity contribution in [2.45, 2.75) is 26.7 Å². The van der Waals surface area contributed by atoms with Crippen molar-refractivity contribution in [1.82, 2.24) is 20.2 Å². The van der Waals surface area contributed by atoms with Crippen molar-refractivity contribution in [2.75, 3.05) is 30.4 Å². The number of hydrogen-bond donors (Lipinski definition) is 1. The Morgan fingerprint density at radius 2 is 2.21 bits per heavy atom. The molecule has 0 saturated carbocycles. The highest BCUT2D eigenvalue weighted by Crippen LogP contribution is 2.24. The fourth-order valence-electron chi connectivity index (χ4n) is 2.70. The van der Waals surface area contributed by atoms with E-state index in [-0.39, 0.29) is 11.8 Å². The fraction of sp³-hybridized carbons (Fsp3) is 0.533. The molecule has 1 aliphatic rings. The van der Waals surface area contributed by atoms with E-state index in [1.165, 1.54) is 11.3 Å². The number of hydrogen-bond acceptors (Lipinski definition) is 8. The highest BCUT2D eigenvalue weighted by molar-refractivity contribution is 7.15. The molecule has 24 heavy (non-hydrogen) atoms. The minimum atomic E-state index is -0.127. The smallest absolute Gasteiger partial charge is 0.231 e. The lowest BCUT2D eigenvalue weighted by molar-refractivity contribution is -0.120. The van der Waals surface area contributed by atoms with Gasteiger partial charge in [0.25, 0.3) is 0 Å². The van der Waals surface area contributed by atoms with Crippen molar-refractivity contribution in [1.29, 1.82) is 0 Å². The maximum absolute atomic E-state index is 12.5. The van der Waals surface area contributed by atoms with Crippen LogP contribution in [0.2, 0.25) is 0 Å². The third kappa shape index (κ3) is 3.78. The first-order valence-corrected chi connectivity index (χ1v) is 8.62. The molecule has 0 radical (unpaired) electrons. The van der Waals surface area contributed by atoms with Gasteiger partial charge in [-0.25, -0.2) is 4.98 Å². The fourth-order valence-corrected chi connectivity index (χ4v) is 3.29. The number of aromatic nitrogens is 4. The lowest BCUT2D eigenvalue weighted by atomic mass is 9.97. The van der Waals surface area contributed by atoms with Crippen molar-refractivity contribution in [3.8, 4) is 5.88 Å². The van der Waals surface area contributed by atoms with Crippen LogP contribution in [-0.4, -0.2) is 46.3 Å². The third-order valence-corrected chi connectivity index (χ3v) is 4.61. The average Bonchev–Trinajstić information content (AvgIpc) is 2.99. The first-order chi connectivity index (χ1) is 11.5. The van der Waals surface area contributed by atoms with Crippen LogP contribution in [0.5, 0.6) is 5.88 Å². The van der Waals surface area contributed by atoms with Crippen LogP contribution in [0.3, 0.4) is 0 Å². The second-order valence-corrected chi connectivity index (χ2v) is 6.93. The Morgan fingerprint density at radius 3 is 2.92 bits per heavy atom. The molecule has 0 aromatic carbocycles. The average molecular weight is 348 g/mol. The molecule has 128 valence electrons. The van der Waals surface area contributed by atoms with Crippen molar-refractivity contribution in [2.24, 2.45) is 5.92 Å². The number of rotatable bonds is 4. The molecule has 1 aliphatic heterocycles. The summed E-state index contributed by atoms with van der Waals surface area (Å²) < 4.78 is 5.21. The van der Waals surface area contributed by atoms with Crippen molar-refractivity contribution >= 4 is 28.3 Å². The normalized spacial score (nSPS) is 17.6. The number of ether oxygens (including phenoxy) is 1. The van der Waals surface area contributed by atoms with Crippen molar-refractivity contribution < 1.29 is 9.53 Å². The zero-order valence-corrected chi connectivity index (χ0v) is 14.8.